The van der Waals surface area contributed by atoms with E-state index in [0.717, 1.165) is 24.9 Å². The molecule has 0 aliphatic carbocycles. The lowest BCUT2D eigenvalue weighted by Crippen LogP contribution is -2.30. The molecule has 1 saturated heterocycles. The number of aromatic nitrogens is 1. The van der Waals surface area contributed by atoms with E-state index < -0.39 is 0 Å². The molecule has 0 bridgehead atoms. The highest BCUT2D eigenvalue weighted by atomic mass is 79.9. The Hall–Kier alpha value is -0.520. The summed E-state index contributed by atoms with van der Waals surface area (Å²) >= 11 is 3.02. The largest absolute Gasteiger partial charge is 0.268 e. The minimum Gasteiger partial charge on any atom is -0.268 e. The minimum atomic E-state index is -0.331. The van der Waals surface area contributed by atoms with Crippen LogP contribution in [0.3, 0.4) is 0 Å². The van der Waals surface area contributed by atoms with Crippen LogP contribution in [-0.2, 0) is 0 Å². The fourth-order valence-electron chi connectivity index (χ4n) is 1.77. The number of nitrogens with zero attached hydrogens (tertiary/aromatic N) is 2. The summed E-state index contributed by atoms with van der Waals surface area (Å²) in [5.74, 6) is 5.44. The van der Waals surface area contributed by atoms with Gasteiger partial charge in [-0.2, -0.15) is 0 Å². The number of hydrazine groups is 1. The summed E-state index contributed by atoms with van der Waals surface area (Å²) in [5.41, 5.74) is 0.853. The highest BCUT2D eigenvalue weighted by Crippen LogP contribution is 2.29. The molecule has 76 valence electrons. The SMILES string of the molecule is NN1CCC[C@H]1c1cnc(Br)c(F)c1. The predicted molar refractivity (Wildman–Crippen MR) is 54.8 cm³/mol. The van der Waals surface area contributed by atoms with Gasteiger partial charge < -0.3 is 0 Å². The zero-order valence-electron chi connectivity index (χ0n) is 7.58. The van der Waals surface area contributed by atoms with Crippen LogP contribution >= 0.6 is 15.9 Å². The van der Waals surface area contributed by atoms with Gasteiger partial charge in [-0.1, -0.05) is 0 Å². The topological polar surface area (TPSA) is 42.1 Å². The summed E-state index contributed by atoms with van der Waals surface area (Å²) in [4.78, 5) is 3.92. The second-order valence-electron chi connectivity index (χ2n) is 3.44. The molecule has 0 saturated carbocycles. The first-order valence-electron chi connectivity index (χ1n) is 4.51. The summed E-state index contributed by atoms with van der Waals surface area (Å²) in [6.45, 7) is 0.863. The average molecular weight is 260 g/mol. The Kier molecular flexibility index (Phi) is 2.80. The monoisotopic (exact) mass is 259 g/mol. The van der Waals surface area contributed by atoms with Crippen LogP contribution in [0.1, 0.15) is 24.4 Å². The molecule has 2 rings (SSSR count). The fraction of sp³-hybridized carbons (Fsp3) is 0.444. The van der Waals surface area contributed by atoms with E-state index >= 15 is 0 Å². The lowest BCUT2D eigenvalue weighted by atomic mass is 10.1. The highest BCUT2D eigenvalue weighted by Gasteiger charge is 2.24. The quantitative estimate of drug-likeness (QED) is 0.620. The van der Waals surface area contributed by atoms with Crippen LogP contribution in [0.2, 0.25) is 0 Å². The summed E-state index contributed by atoms with van der Waals surface area (Å²) in [7, 11) is 0. The van der Waals surface area contributed by atoms with Gasteiger partial charge in [0.2, 0.25) is 0 Å². The molecule has 5 heteroatoms. The first-order valence-corrected chi connectivity index (χ1v) is 5.30. The lowest BCUT2D eigenvalue weighted by molar-refractivity contribution is 0.265. The van der Waals surface area contributed by atoms with Crippen molar-refractivity contribution in [2.24, 2.45) is 5.84 Å². The van der Waals surface area contributed by atoms with Gasteiger partial charge in [-0.15, -0.1) is 0 Å². The van der Waals surface area contributed by atoms with E-state index in [1.54, 1.807) is 11.2 Å². The number of halogens is 2. The molecular weight excluding hydrogens is 249 g/mol. The van der Waals surface area contributed by atoms with Crippen molar-refractivity contribution in [2.75, 3.05) is 6.54 Å². The number of hydrogen-bond acceptors (Lipinski definition) is 3. The van der Waals surface area contributed by atoms with Crippen LogP contribution < -0.4 is 5.84 Å². The minimum absolute atomic E-state index is 0.116. The van der Waals surface area contributed by atoms with Crippen molar-refractivity contribution >= 4 is 15.9 Å². The van der Waals surface area contributed by atoms with Gasteiger partial charge >= 0.3 is 0 Å². The molecule has 0 amide bonds. The van der Waals surface area contributed by atoms with E-state index in [1.807, 2.05) is 0 Å². The Labute approximate surface area is 90.2 Å². The molecule has 2 N–H and O–H groups in total. The van der Waals surface area contributed by atoms with E-state index in [4.69, 9.17) is 5.84 Å². The lowest BCUT2D eigenvalue weighted by Gasteiger charge is -2.18. The summed E-state index contributed by atoms with van der Waals surface area (Å²) in [6.07, 6.45) is 3.70. The standard InChI is InChI=1S/C9H11BrFN3/c10-9-7(11)4-6(5-13-9)8-2-1-3-14(8)12/h4-5,8H,1-3,12H2/t8-/m0/s1. The maximum atomic E-state index is 13.2. The van der Waals surface area contributed by atoms with Crippen molar-refractivity contribution in [1.29, 1.82) is 0 Å². The number of pyridine rings is 1. The van der Waals surface area contributed by atoms with Crippen molar-refractivity contribution in [3.8, 4) is 0 Å². The Morgan fingerprint density at radius 3 is 3.00 bits per heavy atom. The molecule has 0 unspecified atom stereocenters. The summed E-state index contributed by atoms with van der Waals surface area (Å²) in [6, 6.07) is 1.61. The van der Waals surface area contributed by atoms with Gasteiger partial charge in [0, 0.05) is 12.7 Å². The number of hydrogen-bond donors (Lipinski definition) is 1. The first-order chi connectivity index (χ1) is 6.68. The summed E-state index contributed by atoms with van der Waals surface area (Å²) < 4.78 is 13.4. The molecule has 14 heavy (non-hydrogen) atoms. The fourth-order valence-corrected chi connectivity index (χ4v) is 1.98. The molecule has 2 heterocycles. The van der Waals surface area contributed by atoms with Gasteiger partial charge in [0.25, 0.3) is 0 Å². The summed E-state index contributed by atoms with van der Waals surface area (Å²) in [5, 5.41) is 1.74. The zero-order valence-corrected chi connectivity index (χ0v) is 9.17. The third kappa shape index (κ3) is 1.80. The van der Waals surface area contributed by atoms with E-state index in [2.05, 4.69) is 20.9 Å². The third-order valence-electron chi connectivity index (χ3n) is 2.50. The smallest absolute Gasteiger partial charge is 0.156 e. The average Bonchev–Trinajstić information content (AvgIpc) is 2.57. The van der Waals surface area contributed by atoms with Gasteiger partial charge in [0.15, 0.2) is 5.82 Å². The van der Waals surface area contributed by atoms with E-state index in [0.29, 0.717) is 0 Å². The predicted octanol–water partition coefficient (Wildman–Crippen LogP) is 1.99. The van der Waals surface area contributed by atoms with E-state index in [1.165, 1.54) is 6.07 Å². The molecule has 1 aliphatic rings. The first kappa shape index (κ1) is 10.0. The van der Waals surface area contributed by atoms with Crippen LogP contribution in [0.4, 0.5) is 4.39 Å². The van der Waals surface area contributed by atoms with Crippen molar-refractivity contribution in [2.45, 2.75) is 18.9 Å². The molecule has 1 aromatic rings. The molecule has 3 nitrogen and oxygen atoms in total. The van der Waals surface area contributed by atoms with Gasteiger partial charge in [-0.25, -0.2) is 14.4 Å². The molecule has 1 aliphatic heterocycles. The van der Waals surface area contributed by atoms with Crippen LogP contribution in [-0.4, -0.2) is 16.5 Å². The van der Waals surface area contributed by atoms with Gasteiger partial charge in [-0.3, -0.25) is 5.84 Å². The number of rotatable bonds is 1. The third-order valence-corrected chi connectivity index (χ3v) is 3.08. The molecule has 1 fully saturated rings. The van der Waals surface area contributed by atoms with Crippen LogP contribution in [0.15, 0.2) is 16.9 Å². The Morgan fingerprint density at radius 1 is 1.64 bits per heavy atom. The molecule has 0 radical (unpaired) electrons. The normalized spacial score (nSPS) is 22.9. The second kappa shape index (κ2) is 3.92. The Bertz CT molecular complexity index is 345. The Balaban J connectivity index is 2.28. The maximum Gasteiger partial charge on any atom is 0.156 e. The van der Waals surface area contributed by atoms with E-state index in [9.17, 15) is 4.39 Å². The zero-order chi connectivity index (χ0) is 10.1. The highest BCUT2D eigenvalue weighted by molar-refractivity contribution is 9.10. The molecule has 1 aromatic heterocycles. The van der Waals surface area contributed by atoms with Crippen molar-refractivity contribution in [3.63, 3.8) is 0 Å². The Morgan fingerprint density at radius 2 is 2.43 bits per heavy atom. The van der Waals surface area contributed by atoms with E-state index in [-0.39, 0.29) is 16.5 Å². The van der Waals surface area contributed by atoms with Crippen molar-refractivity contribution < 1.29 is 4.39 Å². The van der Waals surface area contributed by atoms with Gasteiger partial charge in [-0.05, 0) is 40.4 Å². The number of nitrogens with two attached hydrogens (primary N) is 1. The maximum absolute atomic E-state index is 13.2. The van der Waals surface area contributed by atoms with Gasteiger partial charge in [0.1, 0.15) is 4.60 Å². The van der Waals surface area contributed by atoms with Crippen LogP contribution in [0, 0.1) is 5.82 Å². The second-order valence-corrected chi connectivity index (χ2v) is 4.19. The van der Waals surface area contributed by atoms with Gasteiger partial charge in [0.05, 0.1) is 6.04 Å². The molecular formula is C9H11BrFN3. The molecule has 0 aromatic carbocycles. The molecule has 1 atom stereocenters. The van der Waals surface area contributed by atoms with Crippen molar-refractivity contribution in [3.05, 3.63) is 28.2 Å². The van der Waals surface area contributed by atoms with Crippen LogP contribution in [0.25, 0.3) is 0 Å². The molecule has 0 spiro atoms. The van der Waals surface area contributed by atoms with Crippen LogP contribution in [0.5, 0.6) is 0 Å². The van der Waals surface area contributed by atoms with Crippen molar-refractivity contribution in [1.82, 2.24) is 9.99 Å².